The van der Waals surface area contributed by atoms with Gasteiger partial charge in [0.2, 0.25) is 5.91 Å². The van der Waals surface area contributed by atoms with Crippen LogP contribution in [0.2, 0.25) is 5.02 Å². The first-order chi connectivity index (χ1) is 9.88. The highest BCUT2D eigenvalue weighted by molar-refractivity contribution is 6.30. The molecular formula is C17H26Cl2N2O. The molecule has 0 radical (unpaired) electrons. The van der Waals surface area contributed by atoms with Crippen molar-refractivity contribution in [3.8, 4) is 0 Å². The van der Waals surface area contributed by atoms with Crippen LogP contribution in [-0.4, -0.2) is 25.0 Å². The molecule has 5 heteroatoms. The van der Waals surface area contributed by atoms with E-state index in [1.165, 1.54) is 0 Å². The maximum absolute atomic E-state index is 12.3. The average molecular weight is 345 g/mol. The van der Waals surface area contributed by atoms with E-state index in [9.17, 15) is 4.79 Å². The maximum Gasteiger partial charge on any atom is 0.223 e. The lowest BCUT2D eigenvalue weighted by Gasteiger charge is -2.30. The summed E-state index contributed by atoms with van der Waals surface area (Å²) in [4.78, 5) is 12.3. The van der Waals surface area contributed by atoms with Crippen LogP contribution in [0.5, 0.6) is 0 Å². The number of benzene rings is 1. The van der Waals surface area contributed by atoms with Gasteiger partial charge in [0.25, 0.3) is 0 Å². The SMILES string of the molecule is C[C@H]1C[C@@H](C(=O)NCC(C)(C)c2cccc(Cl)c2)CCN1.Cl. The number of piperidine rings is 1. The zero-order valence-corrected chi connectivity index (χ0v) is 15.1. The molecule has 124 valence electrons. The minimum absolute atomic E-state index is 0. The van der Waals surface area contributed by atoms with Crippen molar-refractivity contribution < 1.29 is 4.79 Å². The Morgan fingerprint density at radius 3 is 2.82 bits per heavy atom. The van der Waals surface area contributed by atoms with Crippen LogP contribution in [0.4, 0.5) is 0 Å². The van der Waals surface area contributed by atoms with Gasteiger partial charge in [0.05, 0.1) is 0 Å². The standard InChI is InChI=1S/C17H25ClN2O.ClH/c1-12-9-13(7-8-19-12)16(21)20-11-17(2,3)14-5-4-6-15(18)10-14;/h4-6,10,12-13,19H,7-9,11H2,1-3H3,(H,20,21);1H/t12-,13-;/m0./s1. The first-order valence-corrected chi connectivity index (χ1v) is 8.03. The molecule has 0 spiro atoms. The van der Waals surface area contributed by atoms with E-state index in [0.717, 1.165) is 30.0 Å². The van der Waals surface area contributed by atoms with Crippen LogP contribution in [0.25, 0.3) is 0 Å². The minimum atomic E-state index is -0.126. The Labute approximate surface area is 144 Å². The van der Waals surface area contributed by atoms with Gasteiger partial charge in [0.15, 0.2) is 0 Å². The van der Waals surface area contributed by atoms with Crippen molar-refractivity contribution in [2.75, 3.05) is 13.1 Å². The number of nitrogens with one attached hydrogen (secondary N) is 2. The van der Waals surface area contributed by atoms with Gasteiger partial charge in [-0.3, -0.25) is 4.79 Å². The molecule has 1 saturated heterocycles. The Kier molecular flexibility index (Phi) is 7.17. The average Bonchev–Trinajstić information content (AvgIpc) is 2.45. The van der Waals surface area contributed by atoms with Crippen molar-refractivity contribution in [2.24, 2.45) is 5.92 Å². The van der Waals surface area contributed by atoms with Crippen LogP contribution in [0.3, 0.4) is 0 Å². The van der Waals surface area contributed by atoms with E-state index < -0.39 is 0 Å². The lowest BCUT2D eigenvalue weighted by molar-refractivity contribution is -0.126. The van der Waals surface area contributed by atoms with E-state index in [1.54, 1.807) is 0 Å². The highest BCUT2D eigenvalue weighted by Gasteiger charge is 2.27. The Morgan fingerprint density at radius 1 is 1.45 bits per heavy atom. The van der Waals surface area contributed by atoms with Crippen LogP contribution < -0.4 is 10.6 Å². The van der Waals surface area contributed by atoms with Gasteiger partial charge >= 0.3 is 0 Å². The lowest BCUT2D eigenvalue weighted by atomic mass is 9.84. The first-order valence-electron chi connectivity index (χ1n) is 7.65. The number of hydrogen-bond acceptors (Lipinski definition) is 2. The van der Waals surface area contributed by atoms with Crippen LogP contribution in [0, 0.1) is 5.92 Å². The van der Waals surface area contributed by atoms with Crippen LogP contribution in [-0.2, 0) is 10.2 Å². The highest BCUT2D eigenvalue weighted by Crippen LogP contribution is 2.25. The summed E-state index contributed by atoms with van der Waals surface area (Å²) >= 11 is 6.06. The third kappa shape index (κ3) is 5.15. The third-order valence-electron chi connectivity index (χ3n) is 4.31. The normalized spacial score (nSPS) is 21.8. The number of halogens is 2. The zero-order valence-electron chi connectivity index (χ0n) is 13.5. The fraction of sp³-hybridized carbons (Fsp3) is 0.588. The van der Waals surface area contributed by atoms with E-state index in [2.05, 4.69) is 37.5 Å². The number of amides is 1. The van der Waals surface area contributed by atoms with Crippen LogP contribution in [0.15, 0.2) is 24.3 Å². The van der Waals surface area contributed by atoms with Crippen molar-refractivity contribution in [3.63, 3.8) is 0 Å². The zero-order chi connectivity index (χ0) is 15.5. The second-order valence-electron chi connectivity index (χ2n) is 6.69. The topological polar surface area (TPSA) is 41.1 Å². The molecule has 2 N–H and O–H groups in total. The molecule has 3 nitrogen and oxygen atoms in total. The number of carbonyl (C=O) groups is 1. The Morgan fingerprint density at radius 2 is 2.18 bits per heavy atom. The molecular weight excluding hydrogens is 319 g/mol. The molecule has 1 aliphatic rings. The molecule has 1 aromatic rings. The minimum Gasteiger partial charge on any atom is -0.355 e. The molecule has 2 rings (SSSR count). The highest BCUT2D eigenvalue weighted by atomic mass is 35.5. The van der Waals surface area contributed by atoms with Gasteiger partial charge in [-0.05, 0) is 44.0 Å². The number of rotatable bonds is 4. The van der Waals surface area contributed by atoms with Crippen molar-refractivity contribution in [1.29, 1.82) is 0 Å². The maximum atomic E-state index is 12.3. The van der Waals surface area contributed by atoms with E-state index in [4.69, 9.17) is 11.6 Å². The molecule has 0 aromatic heterocycles. The van der Waals surface area contributed by atoms with Gasteiger partial charge in [-0.25, -0.2) is 0 Å². The lowest BCUT2D eigenvalue weighted by Crippen LogP contribution is -2.45. The predicted octanol–water partition coefficient (Wildman–Crippen LogP) is 3.54. The van der Waals surface area contributed by atoms with Crippen molar-refractivity contribution >= 4 is 29.9 Å². The fourth-order valence-corrected chi connectivity index (χ4v) is 3.02. The number of hydrogen-bond donors (Lipinski definition) is 2. The van der Waals surface area contributed by atoms with E-state index in [0.29, 0.717) is 12.6 Å². The summed E-state index contributed by atoms with van der Waals surface area (Å²) < 4.78 is 0. The summed E-state index contributed by atoms with van der Waals surface area (Å²) in [6, 6.07) is 8.28. The van der Waals surface area contributed by atoms with Crippen LogP contribution in [0.1, 0.15) is 39.2 Å². The van der Waals surface area contributed by atoms with Crippen molar-refractivity contribution in [1.82, 2.24) is 10.6 Å². The van der Waals surface area contributed by atoms with E-state index >= 15 is 0 Å². The molecule has 0 unspecified atom stereocenters. The van der Waals surface area contributed by atoms with E-state index in [1.807, 2.05) is 18.2 Å². The summed E-state index contributed by atoms with van der Waals surface area (Å²) in [5, 5.41) is 7.23. The smallest absolute Gasteiger partial charge is 0.223 e. The Balaban J connectivity index is 0.00000242. The Hall–Kier alpha value is -0.770. The summed E-state index contributed by atoms with van der Waals surface area (Å²) in [6.45, 7) is 7.95. The fourth-order valence-electron chi connectivity index (χ4n) is 2.83. The van der Waals surface area contributed by atoms with Gasteiger partial charge in [-0.1, -0.05) is 37.6 Å². The second-order valence-corrected chi connectivity index (χ2v) is 7.12. The van der Waals surface area contributed by atoms with Gasteiger partial charge in [-0.2, -0.15) is 0 Å². The van der Waals surface area contributed by atoms with Gasteiger partial charge in [0.1, 0.15) is 0 Å². The van der Waals surface area contributed by atoms with E-state index in [-0.39, 0.29) is 29.6 Å². The first kappa shape index (κ1) is 19.3. The molecule has 0 saturated carbocycles. The summed E-state index contributed by atoms with van der Waals surface area (Å²) in [5.74, 6) is 0.315. The summed E-state index contributed by atoms with van der Waals surface area (Å²) in [6.07, 6.45) is 1.84. The molecule has 1 fully saturated rings. The quantitative estimate of drug-likeness (QED) is 0.876. The van der Waals surface area contributed by atoms with Crippen molar-refractivity contribution in [3.05, 3.63) is 34.9 Å². The van der Waals surface area contributed by atoms with Gasteiger partial charge in [-0.15, -0.1) is 12.4 Å². The molecule has 2 atom stereocenters. The molecule has 1 amide bonds. The van der Waals surface area contributed by atoms with Gasteiger partial charge < -0.3 is 10.6 Å². The second kappa shape index (κ2) is 8.19. The molecule has 22 heavy (non-hydrogen) atoms. The van der Waals surface area contributed by atoms with Crippen molar-refractivity contribution in [2.45, 2.75) is 45.1 Å². The predicted molar refractivity (Wildman–Crippen MR) is 94.9 cm³/mol. The number of carbonyl (C=O) groups excluding carboxylic acids is 1. The molecule has 0 aliphatic carbocycles. The summed E-state index contributed by atoms with van der Waals surface area (Å²) in [5.41, 5.74) is 1.02. The largest absolute Gasteiger partial charge is 0.355 e. The molecule has 1 aliphatic heterocycles. The van der Waals surface area contributed by atoms with Gasteiger partial charge in [0, 0.05) is 28.9 Å². The van der Waals surface area contributed by atoms with Crippen LogP contribution >= 0.6 is 24.0 Å². The summed E-state index contributed by atoms with van der Waals surface area (Å²) in [7, 11) is 0. The molecule has 1 aromatic carbocycles. The molecule has 1 heterocycles. The monoisotopic (exact) mass is 344 g/mol. The molecule has 0 bridgehead atoms. The Bertz CT molecular complexity index is 505. The third-order valence-corrected chi connectivity index (χ3v) is 4.54.